The fraction of sp³-hybridized carbons (Fsp3) is 0.583. The van der Waals surface area contributed by atoms with Gasteiger partial charge in [-0.25, -0.2) is 9.37 Å². The lowest BCUT2D eigenvalue weighted by molar-refractivity contribution is 0.160. The van der Waals surface area contributed by atoms with Crippen molar-refractivity contribution in [3.05, 3.63) is 24.1 Å². The first-order valence-corrected chi connectivity index (χ1v) is 5.72. The largest absolute Gasteiger partial charge is 0.381 e. The van der Waals surface area contributed by atoms with Crippen LogP contribution in [0.2, 0.25) is 0 Å². The summed E-state index contributed by atoms with van der Waals surface area (Å²) in [5, 5.41) is 0. The average Bonchev–Trinajstić information content (AvgIpc) is 2.91. The summed E-state index contributed by atoms with van der Waals surface area (Å²) < 4.78 is 18.2. The molecule has 0 unspecified atom stereocenters. The molecule has 1 aromatic rings. The molecule has 0 amide bonds. The molecule has 1 spiro atoms. The van der Waals surface area contributed by atoms with Crippen molar-refractivity contribution in [3.8, 4) is 0 Å². The SMILES string of the molecule is Fc1ccc(N2CC[C@@]3(CCOC3)C2)nc1. The van der Waals surface area contributed by atoms with Gasteiger partial charge in [0.2, 0.25) is 0 Å². The fourth-order valence-electron chi connectivity index (χ4n) is 2.66. The van der Waals surface area contributed by atoms with Gasteiger partial charge in [0.25, 0.3) is 0 Å². The van der Waals surface area contributed by atoms with Gasteiger partial charge in [-0.1, -0.05) is 0 Å². The van der Waals surface area contributed by atoms with Gasteiger partial charge in [0.05, 0.1) is 12.8 Å². The summed E-state index contributed by atoms with van der Waals surface area (Å²) >= 11 is 0. The molecular formula is C12H15FN2O. The van der Waals surface area contributed by atoms with Gasteiger partial charge >= 0.3 is 0 Å². The van der Waals surface area contributed by atoms with Crippen LogP contribution in [0.1, 0.15) is 12.8 Å². The van der Waals surface area contributed by atoms with Crippen molar-refractivity contribution in [2.24, 2.45) is 5.41 Å². The Bertz CT molecular complexity index is 373. The molecule has 0 N–H and O–H groups in total. The van der Waals surface area contributed by atoms with Gasteiger partial charge in [-0.15, -0.1) is 0 Å². The van der Waals surface area contributed by atoms with Crippen LogP contribution in [-0.4, -0.2) is 31.3 Å². The first-order chi connectivity index (χ1) is 7.77. The predicted octanol–water partition coefficient (Wildman–Crippen LogP) is 1.84. The maximum absolute atomic E-state index is 12.8. The molecule has 0 aromatic carbocycles. The van der Waals surface area contributed by atoms with Crippen LogP contribution in [0.25, 0.3) is 0 Å². The highest BCUT2D eigenvalue weighted by Gasteiger charge is 2.41. The Hall–Kier alpha value is -1.16. The monoisotopic (exact) mass is 222 g/mol. The van der Waals surface area contributed by atoms with E-state index in [2.05, 4.69) is 9.88 Å². The van der Waals surface area contributed by atoms with E-state index in [0.717, 1.165) is 45.0 Å². The third-order valence-electron chi connectivity index (χ3n) is 3.66. The number of ether oxygens (including phenoxy) is 1. The molecule has 2 aliphatic heterocycles. The van der Waals surface area contributed by atoms with Gasteiger partial charge in [0.1, 0.15) is 11.6 Å². The molecule has 1 aromatic heterocycles. The normalized spacial score (nSPS) is 29.2. The van der Waals surface area contributed by atoms with E-state index in [1.165, 1.54) is 12.3 Å². The van der Waals surface area contributed by atoms with Crippen LogP contribution >= 0.6 is 0 Å². The van der Waals surface area contributed by atoms with Gasteiger partial charge in [-0.2, -0.15) is 0 Å². The van der Waals surface area contributed by atoms with Crippen molar-refractivity contribution in [3.63, 3.8) is 0 Å². The van der Waals surface area contributed by atoms with Gasteiger partial charge in [-0.05, 0) is 25.0 Å². The van der Waals surface area contributed by atoms with E-state index in [-0.39, 0.29) is 5.82 Å². The highest BCUT2D eigenvalue weighted by molar-refractivity contribution is 5.40. The van der Waals surface area contributed by atoms with Crippen LogP contribution in [-0.2, 0) is 4.74 Å². The zero-order chi connectivity index (χ0) is 11.0. The smallest absolute Gasteiger partial charge is 0.141 e. The summed E-state index contributed by atoms with van der Waals surface area (Å²) in [6, 6.07) is 3.22. The topological polar surface area (TPSA) is 25.4 Å². The predicted molar refractivity (Wildman–Crippen MR) is 58.9 cm³/mol. The van der Waals surface area contributed by atoms with Crippen molar-refractivity contribution in [2.45, 2.75) is 12.8 Å². The lowest BCUT2D eigenvalue weighted by Crippen LogP contribution is -2.27. The second kappa shape index (κ2) is 3.70. The summed E-state index contributed by atoms with van der Waals surface area (Å²) in [5.74, 6) is 0.604. The number of halogens is 1. The highest BCUT2D eigenvalue weighted by atomic mass is 19.1. The van der Waals surface area contributed by atoms with E-state index in [4.69, 9.17) is 4.74 Å². The molecule has 0 aliphatic carbocycles. The Morgan fingerprint density at radius 2 is 2.31 bits per heavy atom. The average molecular weight is 222 g/mol. The van der Waals surface area contributed by atoms with E-state index in [9.17, 15) is 4.39 Å². The van der Waals surface area contributed by atoms with Crippen LogP contribution < -0.4 is 4.90 Å². The van der Waals surface area contributed by atoms with Crippen LogP contribution in [0, 0.1) is 11.2 Å². The quantitative estimate of drug-likeness (QED) is 0.725. The van der Waals surface area contributed by atoms with Crippen molar-refractivity contribution >= 4 is 5.82 Å². The van der Waals surface area contributed by atoms with Crippen LogP contribution in [0.3, 0.4) is 0 Å². The molecule has 4 heteroatoms. The molecule has 0 bridgehead atoms. The number of hydrogen-bond acceptors (Lipinski definition) is 3. The maximum atomic E-state index is 12.8. The van der Waals surface area contributed by atoms with Crippen molar-refractivity contribution < 1.29 is 9.13 Å². The summed E-state index contributed by atoms with van der Waals surface area (Å²) in [6.07, 6.45) is 3.59. The Morgan fingerprint density at radius 3 is 3.00 bits per heavy atom. The van der Waals surface area contributed by atoms with Crippen molar-refractivity contribution in [1.29, 1.82) is 0 Å². The Kier molecular flexibility index (Phi) is 2.32. The number of nitrogens with zero attached hydrogens (tertiary/aromatic N) is 2. The molecule has 86 valence electrons. The maximum Gasteiger partial charge on any atom is 0.141 e. The van der Waals surface area contributed by atoms with E-state index in [1.807, 2.05) is 0 Å². The zero-order valence-corrected chi connectivity index (χ0v) is 9.16. The van der Waals surface area contributed by atoms with Crippen LogP contribution in [0.5, 0.6) is 0 Å². The summed E-state index contributed by atoms with van der Waals surface area (Å²) in [6.45, 7) is 3.74. The highest BCUT2D eigenvalue weighted by Crippen LogP contribution is 2.39. The van der Waals surface area contributed by atoms with E-state index in [0.29, 0.717) is 5.41 Å². The summed E-state index contributed by atoms with van der Waals surface area (Å²) in [4.78, 5) is 6.36. The number of rotatable bonds is 1. The molecule has 1 atom stereocenters. The molecule has 16 heavy (non-hydrogen) atoms. The molecule has 2 fully saturated rings. The lowest BCUT2D eigenvalue weighted by atomic mass is 9.87. The van der Waals surface area contributed by atoms with E-state index < -0.39 is 0 Å². The molecule has 0 saturated carbocycles. The van der Waals surface area contributed by atoms with E-state index in [1.54, 1.807) is 6.07 Å². The minimum atomic E-state index is -0.276. The Balaban J connectivity index is 1.75. The molecule has 3 rings (SSSR count). The minimum absolute atomic E-state index is 0.276. The van der Waals surface area contributed by atoms with Crippen LogP contribution in [0.15, 0.2) is 18.3 Å². The molecule has 3 nitrogen and oxygen atoms in total. The van der Waals surface area contributed by atoms with Crippen molar-refractivity contribution in [1.82, 2.24) is 4.98 Å². The molecule has 0 radical (unpaired) electrons. The number of aromatic nitrogens is 1. The zero-order valence-electron chi connectivity index (χ0n) is 9.16. The minimum Gasteiger partial charge on any atom is -0.381 e. The summed E-state index contributed by atoms with van der Waals surface area (Å²) in [5.41, 5.74) is 0.329. The molecule has 2 saturated heterocycles. The molecule has 2 aliphatic rings. The standard InChI is InChI=1S/C12H15FN2O/c13-10-1-2-11(14-7-10)15-5-3-12(8-15)4-6-16-9-12/h1-2,7H,3-6,8-9H2/t12-/m1/s1. The third kappa shape index (κ3) is 1.67. The Labute approximate surface area is 94.2 Å². The molecule has 3 heterocycles. The number of pyridine rings is 1. The van der Waals surface area contributed by atoms with Gasteiger partial charge in [0, 0.05) is 25.1 Å². The molecular weight excluding hydrogens is 207 g/mol. The van der Waals surface area contributed by atoms with Crippen LogP contribution in [0.4, 0.5) is 10.2 Å². The lowest BCUT2D eigenvalue weighted by Gasteiger charge is -2.22. The van der Waals surface area contributed by atoms with Gasteiger partial charge in [-0.3, -0.25) is 0 Å². The first-order valence-electron chi connectivity index (χ1n) is 5.72. The second-order valence-electron chi connectivity index (χ2n) is 4.81. The van der Waals surface area contributed by atoms with Gasteiger partial charge < -0.3 is 9.64 Å². The number of anilines is 1. The first kappa shape index (κ1) is 10.0. The number of hydrogen-bond donors (Lipinski definition) is 0. The van der Waals surface area contributed by atoms with Gasteiger partial charge in [0.15, 0.2) is 0 Å². The summed E-state index contributed by atoms with van der Waals surface area (Å²) in [7, 11) is 0. The second-order valence-corrected chi connectivity index (χ2v) is 4.81. The van der Waals surface area contributed by atoms with E-state index >= 15 is 0 Å². The Morgan fingerprint density at radius 1 is 1.38 bits per heavy atom. The van der Waals surface area contributed by atoms with Crippen molar-refractivity contribution in [2.75, 3.05) is 31.2 Å². The third-order valence-corrected chi connectivity index (χ3v) is 3.66. The fourth-order valence-corrected chi connectivity index (χ4v) is 2.66.